The number of hydrogen-bond acceptors (Lipinski definition) is 2. The summed E-state index contributed by atoms with van der Waals surface area (Å²) in [7, 11) is 0. The summed E-state index contributed by atoms with van der Waals surface area (Å²) in [5, 5.41) is 5.60. The van der Waals surface area contributed by atoms with Crippen LogP contribution in [0, 0.1) is 5.82 Å². The first-order chi connectivity index (χ1) is 11.7. The third-order valence-electron chi connectivity index (χ3n) is 4.27. The molecule has 2 N–H and O–H groups in total. The molecule has 0 saturated heterocycles. The molecule has 0 aliphatic carbocycles. The lowest BCUT2D eigenvalue weighted by atomic mass is 10.00. The molecule has 0 radical (unpaired) electrons. The number of nitrogens with zero attached hydrogens (tertiary/aromatic N) is 1. The molecule has 1 aliphatic rings. The van der Waals surface area contributed by atoms with Crippen LogP contribution in [0.25, 0.3) is 0 Å². The zero-order valence-electron chi connectivity index (χ0n) is 13.6. The molecule has 24 heavy (non-hydrogen) atoms. The van der Waals surface area contributed by atoms with Crippen LogP contribution in [0.1, 0.15) is 16.7 Å². The van der Waals surface area contributed by atoms with E-state index in [0.29, 0.717) is 13.1 Å². The SMILES string of the molecule is O=C(NCCN1CCc2ccccc2C1)NCc1cccc(F)c1. The monoisotopic (exact) mass is 327 g/mol. The Bertz CT molecular complexity index is 705. The average molecular weight is 327 g/mol. The molecule has 4 nitrogen and oxygen atoms in total. The van der Waals surface area contributed by atoms with Gasteiger partial charge in [-0.1, -0.05) is 36.4 Å². The second-order valence-corrected chi connectivity index (χ2v) is 6.03. The molecule has 0 atom stereocenters. The van der Waals surface area contributed by atoms with E-state index in [0.717, 1.165) is 31.6 Å². The number of halogens is 1. The maximum Gasteiger partial charge on any atom is 0.315 e. The van der Waals surface area contributed by atoms with Crippen LogP contribution >= 0.6 is 0 Å². The molecule has 1 heterocycles. The van der Waals surface area contributed by atoms with Gasteiger partial charge in [-0.15, -0.1) is 0 Å². The smallest absolute Gasteiger partial charge is 0.315 e. The highest BCUT2D eigenvalue weighted by molar-refractivity contribution is 5.73. The van der Waals surface area contributed by atoms with Gasteiger partial charge in [-0.2, -0.15) is 0 Å². The molecule has 0 aromatic heterocycles. The van der Waals surface area contributed by atoms with Crippen molar-refractivity contribution in [2.45, 2.75) is 19.5 Å². The molecule has 3 rings (SSSR count). The van der Waals surface area contributed by atoms with E-state index < -0.39 is 0 Å². The molecule has 2 aromatic carbocycles. The second kappa shape index (κ2) is 7.93. The lowest BCUT2D eigenvalue weighted by Gasteiger charge is -2.28. The molecule has 2 amide bonds. The van der Waals surface area contributed by atoms with Gasteiger partial charge in [0, 0.05) is 32.7 Å². The van der Waals surface area contributed by atoms with E-state index in [9.17, 15) is 9.18 Å². The Hall–Kier alpha value is -2.40. The summed E-state index contributed by atoms with van der Waals surface area (Å²) in [5.41, 5.74) is 3.55. The first kappa shape index (κ1) is 16.5. The number of rotatable bonds is 5. The minimum Gasteiger partial charge on any atom is -0.337 e. The zero-order valence-corrected chi connectivity index (χ0v) is 13.6. The van der Waals surface area contributed by atoms with Crippen molar-refractivity contribution < 1.29 is 9.18 Å². The number of hydrogen-bond donors (Lipinski definition) is 2. The van der Waals surface area contributed by atoms with Crippen molar-refractivity contribution in [3.05, 3.63) is 71.0 Å². The van der Waals surface area contributed by atoms with Gasteiger partial charge < -0.3 is 10.6 Å². The Labute approximate surface area is 141 Å². The Balaban J connectivity index is 1.37. The van der Waals surface area contributed by atoms with Crippen LogP contribution in [0.3, 0.4) is 0 Å². The summed E-state index contributed by atoms with van der Waals surface area (Å²) in [5.74, 6) is -0.292. The lowest BCUT2D eigenvalue weighted by molar-refractivity contribution is 0.230. The number of nitrogens with one attached hydrogen (secondary N) is 2. The van der Waals surface area contributed by atoms with Crippen LogP contribution in [-0.4, -0.2) is 30.6 Å². The number of amides is 2. The summed E-state index contributed by atoms with van der Waals surface area (Å²) in [6.07, 6.45) is 1.06. The second-order valence-electron chi connectivity index (χ2n) is 6.03. The van der Waals surface area contributed by atoms with E-state index in [1.807, 2.05) is 0 Å². The van der Waals surface area contributed by atoms with Crippen molar-refractivity contribution in [3.8, 4) is 0 Å². The number of urea groups is 1. The predicted octanol–water partition coefficient (Wildman–Crippen LogP) is 2.68. The number of fused-ring (bicyclic) bond motifs is 1. The van der Waals surface area contributed by atoms with Gasteiger partial charge in [0.1, 0.15) is 5.82 Å². The molecule has 1 aliphatic heterocycles. The summed E-state index contributed by atoms with van der Waals surface area (Å²) >= 11 is 0. The van der Waals surface area contributed by atoms with Gasteiger partial charge in [0.15, 0.2) is 0 Å². The van der Waals surface area contributed by atoms with Crippen molar-refractivity contribution in [2.24, 2.45) is 0 Å². The highest BCUT2D eigenvalue weighted by atomic mass is 19.1. The van der Waals surface area contributed by atoms with Gasteiger partial charge in [-0.3, -0.25) is 4.90 Å². The van der Waals surface area contributed by atoms with Gasteiger partial charge in [0.2, 0.25) is 0 Å². The molecule has 0 saturated carbocycles. The molecular weight excluding hydrogens is 305 g/mol. The Morgan fingerprint density at radius 3 is 2.75 bits per heavy atom. The molecule has 5 heteroatoms. The molecule has 0 spiro atoms. The molecular formula is C19H22FN3O. The highest BCUT2D eigenvalue weighted by Crippen LogP contribution is 2.17. The predicted molar refractivity (Wildman–Crippen MR) is 92.1 cm³/mol. The van der Waals surface area contributed by atoms with E-state index in [4.69, 9.17) is 0 Å². The van der Waals surface area contributed by atoms with Gasteiger partial charge >= 0.3 is 6.03 Å². The fraction of sp³-hybridized carbons (Fsp3) is 0.316. The number of carbonyl (C=O) groups excluding carboxylic acids is 1. The Morgan fingerprint density at radius 2 is 1.92 bits per heavy atom. The van der Waals surface area contributed by atoms with E-state index in [-0.39, 0.29) is 11.8 Å². The van der Waals surface area contributed by atoms with Crippen molar-refractivity contribution in [1.29, 1.82) is 0 Å². The zero-order chi connectivity index (χ0) is 16.8. The summed E-state index contributed by atoms with van der Waals surface area (Å²) in [6.45, 7) is 3.69. The first-order valence-electron chi connectivity index (χ1n) is 8.26. The molecule has 0 bridgehead atoms. The maximum absolute atomic E-state index is 13.1. The van der Waals surface area contributed by atoms with E-state index in [1.165, 1.54) is 23.3 Å². The van der Waals surface area contributed by atoms with Crippen molar-refractivity contribution in [3.63, 3.8) is 0 Å². The van der Waals surface area contributed by atoms with Crippen LogP contribution in [0.2, 0.25) is 0 Å². The summed E-state index contributed by atoms with van der Waals surface area (Å²) < 4.78 is 13.1. The quantitative estimate of drug-likeness (QED) is 0.887. The van der Waals surface area contributed by atoms with Gasteiger partial charge in [0.25, 0.3) is 0 Å². The number of carbonyl (C=O) groups is 1. The van der Waals surface area contributed by atoms with Crippen molar-refractivity contribution in [2.75, 3.05) is 19.6 Å². The molecule has 126 valence electrons. The van der Waals surface area contributed by atoms with E-state index >= 15 is 0 Å². The van der Waals surface area contributed by atoms with Gasteiger partial charge in [0.05, 0.1) is 0 Å². The van der Waals surface area contributed by atoms with Crippen molar-refractivity contribution >= 4 is 6.03 Å². The topological polar surface area (TPSA) is 44.4 Å². The summed E-state index contributed by atoms with van der Waals surface area (Å²) in [4.78, 5) is 14.1. The summed E-state index contributed by atoms with van der Waals surface area (Å²) in [6, 6.07) is 14.5. The van der Waals surface area contributed by atoms with E-state index in [2.05, 4.69) is 39.8 Å². The normalized spacial score (nSPS) is 14.0. The molecule has 0 fully saturated rings. The van der Waals surface area contributed by atoms with Crippen LogP contribution < -0.4 is 10.6 Å². The minimum atomic E-state index is -0.292. The lowest BCUT2D eigenvalue weighted by Crippen LogP contribution is -2.41. The van der Waals surface area contributed by atoms with Crippen LogP contribution in [0.4, 0.5) is 9.18 Å². The number of benzene rings is 2. The third-order valence-corrected chi connectivity index (χ3v) is 4.27. The molecule has 2 aromatic rings. The Kier molecular flexibility index (Phi) is 5.43. The van der Waals surface area contributed by atoms with Crippen LogP contribution in [0.15, 0.2) is 48.5 Å². The van der Waals surface area contributed by atoms with Crippen molar-refractivity contribution in [1.82, 2.24) is 15.5 Å². The van der Waals surface area contributed by atoms with Gasteiger partial charge in [-0.25, -0.2) is 9.18 Å². The third kappa shape index (κ3) is 4.55. The first-order valence-corrected chi connectivity index (χ1v) is 8.26. The standard InChI is InChI=1S/C19H22FN3O/c20-18-7-3-4-15(12-18)13-22-19(24)21-9-11-23-10-8-16-5-1-2-6-17(16)14-23/h1-7,12H,8-11,13-14H2,(H2,21,22,24). The fourth-order valence-electron chi connectivity index (χ4n) is 2.96. The van der Waals surface area contributed by atoms with Gasteiger partial charge in [-0.05, 0) is 35.2 Å². The minimum absolute atomic E-state index is 0.225. The fourth-order valence-corrected chi connectivity index (χ4v) is 2.96. The maximum atomic E-state index is 13.1. The largest absolute Gasteiger partial charge is 0.337 e. The van der Waals surface area contributed by atoms with Crippen LogP contribution in [0.5, 0.6) is 0 Å². The Morgan fingerprint density at radius 1 is 1.08 bits per heavy atom. The molecule has 0 unspecified atom stereocenters. The van der Waals surface area contributed by atoms with Crippen LogP contribution in [-0.2, 0) is 19.5 Å². The highest BCUT2D eigenvalue weighted by Gasteiger charge is 2.15. The average Bonchev–Trinajstić information content (AvgIpc) is 2.60. The van der Waals surface area contributed by atoms with E-state index in [1.54, 1.807) is 12.1 Å².